The minimum Gasteiger partial charge on any atom is -0.365 e. The molecule has 1 N–H and O–H groups in total. The maximum Gasteiger partial charge on any atom is 0.134 e. The number of pyridine rings is 1. The number of fused-ring (bicyclic) bond motifs is 1. The Balaban J connectivity index is 1.88. The van der Waals surface area contributed by atoms with Crippen LogP contribution >= 0.6 is 0 Å². The molecule has 2 aromatic heterocycles. The molecule has 3 aromatic rings. The predicted molar refractivity (Wildman–Crippen MR) is 77.0 cm³/mol. The molecule has 1 aromatic carbocycles. The van der Waals surface area contributed by atoms with Crippen LogP contribution in [-0.2, 0) is 13.6 Å². The predicted octanol–water partition coefficient (Wildman–Crippen LogP) is 2.89. The molecule has 96 valence electrons. The zero-order chi connectivity index (χ0) is 13.2. The van der Waals surface area contributed by atoms with Crippen LogP contribution in [0.15, 0.2) is 42.7 Å². The topological polar surface area (TPSA) is 42.7 Å². The van der Waals surface area contributed by atoms with Gasteiger partial charge >= 0.3 is 0 Å². The molecule has 0 bridgehead atoms. The number of hydrogen-bond acceptors (Lipinski definition) is 3. The number of rotatable bonds is 3. The molecule has 19 heavy (non-hydrogen) atoms. The quantitative estimate of drug-likeness (QED) is 0.779. The van der Waals surface area contributed by atoms with E-state index in [2.05, 4.69) is 34.5 Å². The number of anilines is 1. The third kappa shape index (κ3) is 2.17. The van der Waals surface area contributed by atoms with Crippen LogP contribution in [0.3, 0.4) is 0 Å². The lowest BCUT2D eigenvalue weighted by atomic mass is 10.1. The Morgan fingerprint density at radius 3 is 2.84 bits per heavy atom. The summed E-state index contributed by atoms with van der Waals surface area (Å²) in [6.45, 7) is 2.81. The van der Waals surface area contributed by atoms with Crippen LogP contribution in [0.25, 0.3) is 10.8 Å². The number of nitrogens with zero attached hydrogens (tertiary/aromatic N) is 3. The van der Waals surface area contributed by atoms with Gasteiger partial charge in [-0.3, -0.25) is 4.68 Å². The van der Waals surface area contributed by atoms with Crippen LogP contribution in [0.4, 0.5) is 5.82 Å². The molecule has 0 amide bonds. The fraction of sp³-hybridized carbons (Fsp3) is 0.200. The van der Waals surface area contributed by atoms with Crippen molar-refractivity contribution < 1.29 is 0 Å². The maximum atomic E-state index is 4.42. The first-order valence-electron chi connectivity index (χ1n) is 6.31. The number of hydrogen-bond donors (Lipinski definition) is 1. The summed E-state index contributed by atoms with van der Waals surface area (Å²) in [5.41, 5.74) is 2.37. The van der Waals surface area contributed by atoms with Crippen molar-refractivity contribution in [2.24, 2.45) is 7.05 Å². The zero-order valence-corrected chi connectivity index (χ0v) is 11.1. The molecule has 0 saturated heterocycles. The smallest absolute Gasteiger partial charge is 0.134 e. The van der Waals surface area contributed by atoms with E-state index in [1.807, 2.05) is 42.3 Å². The van der Waals surface area contributed by atoms with Gasteiger partial charge in [-0.1, -0.05) is 24.3 Å². The Hall–Kier alpha value is -2.36. The summed E-state index contributed by atoms with van der Waals surface area (Å²) < 4.78 is 1.88. The van der Waals surface area contributed by atoms with Gasteiger partial charge in [-0.25, -0.2) is 4.98 Å². The molecule has 2 heterocycles. The molecule has 0 aliphatic rings. The lowest BCUT2D eigenvalue weighted by Crippen LogP contribution is -2.03. The Kier molecular flexibility index (Phi) is 2.91. The van der Waals surface area contributed by atoms with Crippen molar-refractivity contribution in [1.82, 2.24) is 14.8 Å². The van der Waals surface area contributed by atoms with Crippen LogP contribution in [0.5, 0.6) is 0 Å². The number of benzene rings is 1. The van der Waals surface area contributed by atoms with E-state index >= 15 is 0 Å². The number of aryl methyl sites for hydroxylation is 1. The minimum absolute atomic E-state index is 0.737. The highest BCUT2D eigenvalue weighted by molar-refractivity contribution is 5.91. The standard InChI is InChI=1S/C15H16N4/c1-11-13(10-18-19(11)2)9-17-15-14-6-4-3-5-12(14)7-8-16-15/h3-8,10H,9H2,1-2H3,(H,16,17). The van der Waals surface area contributed by atoms with Gasteiger partial charge in [-0.2, -0.15) is 5.10 Å². The monoisotopic (exact) mass is 252 g/mol. The van der Waals surface area contributed by atoms with Crippen molar-refractivity contribution in [3.63, 3.8) is 0 Å². The lowest BCUT2D eigenvalue weighted by Gasteiger charge is -2.08. The molecular formula is C15H16N4. The maximum absolute atomic E-state index is 4.42. The molecule has 0 aliphatic heterocycles. The molecule has 4 nitrogen and oxygen atoms in total. The third-order valence-electron chi connectivity index (χ3n) is 3.46. The number of aromatic nitrogens is 3. The van der Waals surface area contributed by atoms with Crippen molar-refractivity contribution in [2.75, 3.05) is 5.32 Å². The van der Waals surface area contributed by atoms with Gasteiger partial charge < -0.3 is 5.32 Å². The van der Waals surface area contributed by atoms with Gasteiger partial charge in [0.05, 0.1) is 6.20 Å². The molecule has 0 radical (unpaired) electrons. The van der Waals surface area contributed by atoms with E-state index in [0.717, 1.165) is 17.7 Å². The van der Waals surface area contributed by atoms with E-state index in [-0.39, 0.29) is 0 Å². The first-order chi connectivity index (χ1) is 9.25. The molecule has 0 aliphatic carbocycles. The summed E-state index contributed by atoms with van der Waals surface area (Å²) in [5, 5.41) is 9.98. The fourth-order valence-corrected chi connectivity index (χ4v) is 2.16. The second kappa shape index (κ2) is 4.72. The van der Waals surface area contributed by atoms with E-state index < -0.39 is 0 Å². The Labute approximate surface area is 112 Å². The highest BCUT2D eigenvalue weighted by Gasteiger charge is 2.05. The van der Waals surface area contributed by atoms with Crippen molar-refractivity contribution in [1.29, 1.82) is 0 Å². The Morgan fingerprint density at radius 2 is 2.05 bits per heavy atom. The molecule has 3 rings (SSSR count). The van der Waals surface area contributed by atoms with Crippen LogP contribution in [0.2, 0.25) is 0 Å². The fourth-order valence-electron chi connectivity index (χ4n) is 2.16. The molecule has 4 heteroatoms. The largest absolute Gasteiger partial charge is 0.365 e. The van der Waals surface area contributed by atoms with E-state index in [9.17, 15) is 0 Å². The third-order valence-corrected chi connectivity index (χ3v) is 3.46. The molecule has 0 saturated carbocycles. The Morgan fingerprint density at radius 1 is 1.21 bits per heavy atom. The SMILES string of the molecule is Cc1c(CNc2nccc3ccccc23)cnn1C. The van der Waals surface area contributed by atoms with Crippen LogP contribution < -0.4 is 5.32 Å². The normalized spacial score (nSPS) is 10.8. The molecule has 0 spiro atoms. The van der Waals surface area contributed by atoms with Crippen LogP contribution in [-0.4, -0.2) is 14.8 Å². The second-order valence-electron chi connectivity index (χ2n) is 4.61. The molecule has 0 atom stereocenters. The highest BCUT2D eigenvalue weighted by Crippen LogP contribution is 2.21. The second-order valence-corrected chi connectivity index (χ2v) is 4.61. The highest BCUT2D eigenvalue weighted by atomic mass is 15.3. The van der Waals surface area contributed by atoms with Gasteiger partial charge in [0.15, 0.2) is 0 Å². The van der Waals surface area contributed by atoms with E-state index in [4.69, 9.17) is 0 Å². The average molecular weight is 252 g/mol. The summed E-state index contributed by atoms with van der Waals surface area (Å²) >= 11 is 0. The van der Waals surface area contributed by atoms with Crippen LogP contribution in [0, 0.1) is 6.92 Å². The average Bonchev–Trinajstić information content (AvgIpc) is 2.76. The summed E-state index contributed by atoms with van der Waals surface area (Å²) in [5.74, 6) is 0.918. The summed E-state index contributed by atoms with van der Waals surface area (Å²) in [6, 6.07) is 10.3. The summed E-state index contributed by atoms with van der Waals surface area (Å²) in [7, 11) is 1.95. The van der Waals surface area contributed by atoms with Gasteiger partial charge in [0.2, 0.25) is 0 Å². The first kappa shape index (κ1) is 11.7. The zero-order valence-electron chi connectivity index (χ0n) is 11.1. The van der Waals surface area contributed by atoms with E-state index in [1.165, 1.54) is 16.6 Å². The molecule has 0 fully saturated rings. The number of nitrogens with one attached hydrogen (secondary N) is 1. The van der Waals surface area contributed by atoms with Gasteiger partial charge in [-0.15, -0.1) is 0 Å². The van der Waals surface area contributed by atoms with Crippen molar-refractivity contribution >= 4 is 16.6 Å². The van der Waals surface area contributed by atoms with Gasteiger partial charge in [0.1, 0.15) is 5.82 Å². The lowest BCUT2D eigenvalue weighted by molar-refractivity contribution is 0.738. The molecule has 0 unspecified atom stereocenters. The summed E-state index contributed by atoms with van der Waals surface area (Å²) in [6.07, 6.45) is 3.73. The van der Waals surface area contributed by atoms with Crippen molar-refractivity contribution in [3.05, 3.63) is 54.0 Å². The van der Waals surface area contributed by atoms with Gasteiger partial charge in [0.25, 0.3) is 0 Å². The Bertz CT molecular complexity index is 710. The van der Waals surface area contributed by atoms with Crippen molar-refractivity contribution in [2.45, 2.75) is 13.5 Å². The summed E-state index contributed by atoms with van der Waals surface area (Å²) in [4.78, 5) is 4.42. The van der Waals surface area contributed by atoms with Crippen molar-refractivity contribution in [3.8, 4) is 0 Å². The molecular weight excluding hydrogens is 236 g/mol. The van der Waals surface area contributed by atoms with E-state index in [0.29, 0.717) is 0 Å². The van der Waals surface area contributed by atoms with Gasteiger partial charge in [0, 0.05) is 36.4 Å². The van der Waals surface area contributed by atoms with Crippen LogP contribution in [0.1, 0.15) is 11.3 Å². The van der Waals surface area contributed by atoms with E-state index in [1.54, 1.807) is 0 Å². The first-order valence-corrected chi connectivity index (χ1v) is 6.31. The minimum atomic E-state index is 0.737. The van der Waals surface area contributed by atoms with Gasteiger partial charge in [-0.05, 0) is 18.4 Å².